The molecule has 1 aromatic rings. The minimum absolute atomic E-state index is 0.286. The molecule has 7 nitrogen and oxygen atoms in total. The minimum atomic E-state index is -1.33. The van der Waals surface area contributed by atoms with Gasteiger partial charge in [-0.25, -0.2) is 4.79 Å². The molecule has 1 rings (SSSR count). The van der Waals surface area contributed by atoms with Gasteiger partial charge in [0.25, 0.3) is 5.69 Å². The standard InChI is InChI=1S/C11H14N2O5/c1-12(2)5-6-18-8-3-4-9(11(14)15)10(7-8)13(16)17/h3-4,7H,5-6H2,1-2H3,(H,14,15). The second-order valence-electron chi connectivity index (χ2n) is 3.89. The van der Waals surface area contributed by atoms with E-state index in [1.807, 2.05) is 19.0 Å². The van der Waals surface area contributed by atoms with Crippen molar-refractivity contribution in [3.63, 3.8) is 0 Å². The molecule has 0 radical (unpaired) electrons. The summed E-state index contributed by atoms with van der Waals surface area (Å²) in [6.07, 6.45) is 0. The number of hydrogen-bond donors (Lipinski definition) is 1. The Morgan fingerprint density at radius 2 is 2.17 bits per heavy atom. The van der Waals surface area contributed by atoms with Crippen molar-refractivity contribution < 1.29 is 19.6 Å². The number of carboxylic acids is 1. The summed E-state index contributed by atoms with van der Waals surface area (Å²) >= 11 is 0. The van der Waals surface area contributed by atoms with Crippen LogP contribution in [0.5, 0.6) is 5.75 Å². The van der Waals surface area contributed by atoms with Crippen molar-refractivity contribution in [3.05, 3.63) is 33.9 Å². The maximum absolute atomic E-state index is 10.8. The van der Waals surface area contributed by atoms with Gasteiger partial charge in [0.2, 0.25) is 0 Å². The number of hydrogen-bond acceptors (Lipinski definition) is 5. The number of benzene rings is 1. The number of carboxylic acid groups (broad SMARTS) is 1. The molecule has 1 aromatic carbocycles. The average molecular weight is 254 g/mol. The Bertz CT molecular complexity index is 459. The lowest BCUT2D eigenvalue weighted by Gasteiger charge is -2.11. The fraction of sp³-hybridized carbons (Fsp3) is 0.364. The second kappa shape index (κ2) is 5.97. The molecule has 0 aliphatic heterocycles. The van der Waals surface area contributed by atoms with Crippen LogP contribution in [0.2, 0.25) is 0 Å². The Balaban J connectivity index is 2.87. The van der Waals surface area contributed by atoms with Gasteiger partial charge in [0.05, 0.1) is 11.0 Å². The third-order valence-corrected chi connectivity index (χ3v) is 2.20. The summed E-state index contributed by atoms with van der Waals surface area (Å²) in [7, 11) is 3.75. The van der Waals surface area contributed by atoms with Crippen LogP contribution in [0.15, 0.2) is 18.2 Å². The lowest BCUT2D eigenvalue weighted by Crippen LogP contribution is -2.19. The van der Waals surface area contributed by atoms with E-state index in [9.17, 15) is 14.9 Å². The Kier molecular flexibility index (Phi) is 4.61. The summed E-state index contributed by atoms with van der Waals surface area (Å²) in [6, 6.07) is 3.71. The van der Waals surface area contributed by atoms with Crippen LogP contribution >= 0.6 is 0 Å². The first-order chi connectivity index (χ1) is 8.41. The van der Waals surface area contributed by atoms with E-state index in [4.69, 9.17) is 9.84 Å². The number of nitrogens with zero attached hydrogens (tertiary/aromatic N) is 2. The van der Waals surface area contributed by atoms with Gasteiger partial charge in [-0.3, -0.25) is 10.1 Å². The number of carbonyl (C=O) groups is 1. The van der Waals surface area contributed by atoms with Gasteiger partial charge in [-0.2, -0.15) is 0 Å². The fourth-order valence-corrected chi connectivity index (χ4v) is 1.28. The van der Waals surface area contributed by atoms with Crippen molar-refractivity contribution in [2.45, 2.75) is 0 Å². The molecule has 7 heteroatoms. The predicted molar refractivity (Wildman–Crippen MR) is 64.1 cm³/mol. The Morgan fingerprint density at radius 1 is 1.50 bits per heavy atom. The molecule has 0 saturated heterocycles. The van der Waals surface area contributed by atoms with E-state index in [1.54, 1.807) is 0 Å². The fourth-order valence-electron chi connectivity index (χ4n) is 1.28. The molecule has 0 unspecified atom stereocenters. The van der Waals surface area contributed by atoms with Gasteiger partial charge in [-0.1, -0.05) is 0 Å². The van der Waals surface area contributed by atoms with Crippen molar-refractivity contribution >= 4 is 11.7 Å². The SMILES string of the molecule is CN(C)CCOc1ccc(C(=O)O)c([N+](=O)[O-])c1. The third kappa shape index (κ3) is 3.70. The Hall–Kier alpha value is -2.15. The first-order valence-electron chi connectivity index (χ1n) is 5.21. The molecule has 0 atom stereocenters. The topological polar surface area (TPSA) is 92.9 Å². The summed E-state index contributed by atoms with van der Waals surface area (Å²) < 4.78 is 5.30. The van der Waals surface area contributed by atoms with Crippen LogP contribution < -0.4 is 4.74 Å². The zero-order valence-electron chi connectivity index (χ0n) is 10.1. The summed E-state index contributed by atoms with van der Waals surface area (Å²) in [4.78, 5) is 22.7. The van der Waals surface area contributed by atoms with Gasteiger partial charge in [0.1, 0.15) is 17.9 Å². The van der Waals surface area contributed by atoms with Gasteiger partial charge in [-0.05, 0) is 26.2 Å². The van der Waals surface area contributed by atoms with Crippen LogP contribution in [0, 0.1) is 10.1 Å². The highest BCUT2D eigenvalue weighted by Crippen LogP contribution is 2.24. The molecular weight excluding hydrogens is 240 g/mol. The van der Waals surface area contributed by atoms with Crippen LogP contribution in [0.1, 0.15) is 10.4 Å². The number of aromatic carboxylic acids is 1. The molecule has 0 aromatic heterocycles. The largest absolute Gasteiger partial charge is 0.492 e. The van der Waals surface area contributed by atoms with Crippen molar-refractivity contribution in [2.75, 3.05) is 27.2 Å². The second-order valence-corrected chi connectivity index (χ2v) is 3.89. The van der Waals surface area contributed by atoms with Gasteiger partial charge in [-0.15, -0.1) is 0 Å². The van der Waals surface area contributed by atoms with Crippen LogP contribution in [-0.4, -0.2) is 48.1 Å². The molecule has 98 valence electrons. The minimum Gasteiger partial charge on any atom is -0.492 e. The molecule has 0 aliphatic rings. The van der Waals surface area contributed by atoms with E-state index >= 15 is 0 Å². The van der Waals surface area contributed by atoms with Crippen LogP contribution in [-0.2, 0) is 0 Å². The first-order valence-corrected chi connectivity index (χ1v) is 5.21. The highest BCUT2D eigenvalue weighted by atomic mass is 16.6. The zero-order chi connectivity index (χ0) is 13.7. The summed E-state index contributed by atoms with van der Waals surface area (Å²) in [5.74, 6) is -1.05. The molecule has 0 aliphatic carbocycles. The van der Waals surface area contributed by atoms with E-state index in [2.05, 4.69) is 0 Å². The van der Waals surface area contributed by atoms with Crippen LogP contribution in [0.3, 0.4) is 0 Å². The molecule has 0 bridgehead atoms. The normalized spacial score (nSPS) is 10.4. The van der Waals surface area contributed by atoms with Gasteiger partial charge in [0.15, 0.2) is 0 Å². The van der Waals surface area contributed by atoms with Crippen molar-refractivity contribution in [2.24, 2.45) is 0 Å². The molecule has 0 saturated carbocycles. The number of ether oxygens (including phenoxy) is 1. The Labute approximate surface area is 104 Å². The smallest absolute Gasteiger partial charge is 0.342 e. The van der Waals surface area contributed by atoms with Gasteiger partial charge >= 0.3 is 5.97 Å². The molecule has 0 fully saturated rings. The third-order valence-electron chi connectivity index (χ3n) is 2.20. The highest BCUT2D eigenvalue weighted by molar-refractivity contribution is 5.92. The van der Waals surface area contributed by atoms with Crippen molar-refractivity contribution in [3.8, 4) is 5.75 Å². The Morgan fingerprint density at radius 3 is 2.67 bits per heavy atom. The van der Waals surface area contributed by atoms with Crippen molar-refractivity contribution in [1.82, 2.24) is 4.90 Å². The van der Waals surface area contributed by atoms with Gasteiger partial charge < -0.3 is 14.7 Å². The molecule has 0 amide bonds. The average Bonchev–Trinajstić information content (AvgIpc) is 2.28. The number of rotatable bonds is 6. The van der Waals surface area contributed by atoms with E-state index in [0.717, 1.165) is 6.07 Å². The number of likely N-dealkylation sites (N-methyl/N-ethyl adjacent to an activating group) is 1. The van der Waals surface area contributed by atoms with E-state index in [0.29, 0.717) is 13.2 Å². The maximum Gasteiger partial charge on any atom is 0.342 e. The lowest BCUT2D eigenvalue weighted by molar-refractivity contribution is -0.385. The monoisotopic (exact) mass is 254 g/mol. The highest BCUT2D eigenvalue weighted by Gasteiger charge is 2.20. The molecule has 0 spiro atoms. The van der Waals surface area contributed by atoms with E-state index < -0.39 is 16.6 Å². The van der Waals surface area contributed by atoms with Gasteiger partial charge in [0, 0.05) is 6.54 Å². The zero-order valence-corrected chi connectivity index (χ0v) is 10.1. The summed E-state index contributed by atoms with van der Waals surface area (Å²) in [5.41, 5.74) is -0.815. The molecule has 0 heterocycles. The van der Waals surface area contributed by atoms with Crippen LogP contribution in [0.25, 0.3) is 0 Å². The molecule has 1 N–H and O–H groups in total. The van der Waals surface area contributed by atoms with E-state index in [-0.39, 0.29) is 11.3 Å². The van der Waals surface area contributed by atoms with E-state index in [1.165, 1.54) is 12.1 Å². The predicted octanol–water partition coefficient (Wildman–Crippen LogP) is 1.23. The summed E-state index contributed by atoms with van der Waals surface area (Å²) in [6.45, 7) is 1.03. The van der Waals surface area contributed by atoms with Crippen molar-refractivity contribution in [1.29, 1.82) is 0 Å². The number of nitro groups is 1. The lowest BCUT2D eigenvalue weighted by atomic mass is 10.2. The molecular formula is C11H14N2O5. The summed E-state index contributed by atoms with van der Waals surface area (Å²) in [5, 5.41) is 19.5. The number of nitro benzene ring substituents is 1. The molecule has 18 heavy (non-hydrogen) atoms. The quantitative estimate of drug-likeness (QED) is 0.606. The first kappa shape index (κ1) is 13.9. The maximum atomic E-state index is 10.8. The van der Waals surface area contributed by atoms with Crippen LogP contribution in [0.4, 0.5) is 5.69 Å².